The highest BCUT2D eigenvalue weighted by atomic mass is 32.2. The zero-order chi connectivity index (χ0) is 19.3. The molecule has 0 aliphatic carbocycles. The van der Waals surface area contributed by atoms with E-state index in [2.05, 4.69) is 10.2 Å². The number of amides is 2. The van der Waals surface area contributed by atoms with Crippen LogP contribution in [-0.2, 0) is 21.2 Å². The Labute approximate surface area is 160 Å². The van der Waals surface area contributed by atoms with Crippen LogP contribution >= 0.6 is 0 Å². The molecule has 1 atom stereocenters. The number of rotatable bonds is 6. The second kappa shape index (κ2) is 9.01. The summed E-state index contributed by atoms with van der Waals surface area (Å²) >= 11 is 0. The number of hydrogen-bond acceptors (Lipinski definition) is 5. The van der Waals surface area contributed by atoms with Crippen molar-refractivity contribution >= 4 is 16.1 Å². The third-order valence-electron chi connectivity index (χ3n) is 5.09. The molecule has 27 heavy (non-hydrogen) atoms. The van der Waals surface area contributed by atoms with Crippen LogP contribution in [0.15, 0.2) is 29.2 Å². The van der Waals surface area contributed by atoms with Crippen molar-refractivity contribution in [2.75, 3.05) is 45.9 Å². The van der Waals surface area contributed by atoms with E-state index < -0.39 is 10.0 Å². The highest BCUT2D eigenvalue weighted by Gasteiger charge is 2.24. The van der Waals surface area contributed by atoms with Gasteiger partial charge < -0.3 is 15.0 Å². The van der Waals surface area contributed by atoms with Gasteiger partial charge in [0.1, 0.15) is 0 Å². The number of urea groups is 1. The monoisotopic (exact) mass is 396 g/mol. The van der Waals surface area contributed by atoms with Crippen LogP contribution in [0.2, 0.25) is 0 Å². The van der Waals surface area contributed by atoms with Crippen LogP contribution in [0.3, 0.4) is 0 Å². The highest BCUT2D eigenvalue weighted by Crippen LogP contribution is 2.14. The molecule has 0 bridgehead atoms. The summed E-state index contributed by atoms with van der Waals surface area (Å²) < 4.78 is 28.2. The number of nitrogens with two attached hydrogens (primary N) is 1. The molecule has 2 saturated heterocycles. The Balaban J connectivity index is 1.36. The number of benzene rings is 1. The first-order chi connectivity index (χ1) is 12.9. The van der Waals surface area contributed by atoms with E-state index in [0.29, 0.717) is 19.1 Å². The first-order valence-corrected chi connectivity index (χ1v) is 10.9. The van der Waals surface area contributed by atoms with E-state index >= 15 is 0 Å². The molecular weight excluding hydrogens is 368 g/mol. The second-order valence-electron chi connectivity index (χ2n) is 7.09. The van der Waals surface area contributed by atoms with Crippen molar-refractivity contribution in [3.8, 4) is 0 Å². The predicted octanol–water partition coefficient (Wildman–Crippen LogP) is 0.383. The minimum absolute atomic E-state index is 0.0482. The molecule has 1 aromatic rings. The third kappa shape index (κ3) is 5.90. The minimum Gasteiger partial charge on any atom is -0.377 e. The molecule has 3 N–H and O–H groups in total. The van der Waals surface area contributed by atoms with Crippen molar-refractivity contribution < 1.29 is 17.9 Å². The highest BCUT2D eigenvalue weighted by molar-refractivity contribution is 7.89. The molecule has 3 rings (SSSR count). The maximum Gasteiger partial charge on any atom is 0.317 e. The van der Waals surface area contributed by atoms with Gasteiger partial charge in [0.2, 0.25) is 10.0 Å². The fraction of sp³-hybridized carbons (Fsp3) is 0.611. The Hall–Kier alpha value is -1.68. The van der Waals surface area contributed by atoms with Gasteiger partial charge in [0.05, 0.1) is 11.0 Å². The van der Waals surface area contributed by atoms with E-state index in [9.17, 15) is 13.2 Å². The van der Waals surface area contributed by atoms with Gasteiger partial charge in [0.25, 0.3) is 0 Å². The largest absolute Gasteiger partial charge is 0.377 e. The van der Waals surface area contributed by atoms with Crippen molar-refractivity contribution in [1.82, 2.24) is 15.1 Å². The van der Waals surface area contributed by atoms with Crippen LogP contribution in [0.1, 0.15) is 18.4 Å². The molecule has 150 valence electrons. The van der Waals surface area contributed by atoms with Gasteiger partial charge in [-0.3, -0.25) is 4.90 Å². The summed E-state index contributed by atoms with van der Waals surface area (Å²) in [5.74, 6) is 0. The third-order valence-corrected chi connectivity index (χ3v) is 6.02. The van der Waals surface area contributed by atoms with Gasteiger partial charge in [0.15, 0.2) is 0 Å². The smallest absolute Gasteiger partial charge is 0.317 e. The fourth-order valence-electron chi connectivity index (χ4n) is 3.48. The summed E-state index contributed by atoms with van der Waals surface area (Å²) in [6, 6.07) is 6.36. The molecule has 0 spiro atoms. The van der Waals surface area contributed by atoms with Crippen LogP contribution < -0.4 is 10.5 Å². The molecule has 8 nitrogen and oxygen atoms in total. The summed E-state index contributed by atoms with van der Waals surface area (Å²) in [6.45, 7) is 5.54. The number of primary sulfonamides is 1. The lowest BCUT2D eigenvalue weighted by Crippen LogP contribution is -2.53. The van der Waals surface area contributed by atoms with Gasteiger partial charge >= 0.3 is 6.03 Å². The number of nitrogens with one attached hydrogen (secondary N) is 1. The Bertz CT molecular complexity index is 724. The quantitative estimate of drug-likeness (QED) is 0.723. The summed E-state index contributed by atoms with van der Waals surface area (Å²) in [4.78, 5) is 16.6. The summed E-state index contributed by atoms with van der Waals surface area (Å²) in [5, 5.41) is 8.02. The van der Waals surface area contributed by atoms with Crippen LogP contribution in [-0.4, -0.2) is 76.2 Å². The molecule has 1 unspecified atom stereocenters. The standard InChI is InChI=1S/C18H28N4O4S/c19-27(24,25)17-5-3-15(4-6-17)7-8-20-18(23)22-11-9-21(10-12-22)14-16-2-1-13-26-16/h3-6,16H,1-2,7-14H2,(H,20,23)(H2,19,24,25). The number of piperazine rings is 1. The van der Waals surface area contributed by atoms with E-state index in [4.69, 9.17) is 9.88 Å². The SMILES string of the molecule is NS(=O)(=O)c1ccc(CCNC(=O)N2CCN(CC3CCCO3)CC2)cc1. The number of carbonyl (C=O) groups excluding carboxylic acids is 1. The predicted molar refractivity (Wildman–Crippen MR) is 102 cm³/mol. The zero-order valence-corrected chi connectivity index (χ0v) is 16.3. The average Bonchev–Trinajstić information content (AvgIpc) is 3.15. The number of hydrogen-bond donors (Lipinski definition) is 2. The molecular formula is C18H28N4O4S. The fourth-order valence-corrected chi connectivity index (χ4v) is 4.00. The van der Waals surface area contributed by atoms with Crippen LogP contribution in [0.4, 0.5) is 4.79 Å². The van der Waals surface area contributed by atoms with Gasteiger partial charge in [-0.2, -0.15) is 0 Å². The minimum atomic E-state index is -3.67. The zero-order valence-electron chi connectivity index (χ0n) is 15.5. The van der Waals surface area contributed by atoms with E-state index in [1.54, 1.807) is 12.1 Å². The number of nitrogens with zero attached hydrogens (tertiary/aromatic N) is 2. The first kappa shape index (κ1) is 20.1. The molecule has 0 saturated carbocycles. The lowest BCUT2D eigenvalue weighted by atomic mass is 10.1. The van der Waals surface area contributed by atoms with Crippen LogP contribution in [0, 0.1) is 0 Å². The molecule has 0 radical (unpaired) electrons. The average molecular weight is 397 g/mol. The van der Waals surface area contributed by atoms with Crippen molar-refractivity contribution in [2.24, 2.45) is 5.14 Å². The first-order valence-electron chi connectivity index (χ1n) is 9.40. The molecule has 2 aliphatic rings. The molecule has 9 heteroatoms. The Morgan fingerprint density at radius 1 is 1.19 bits per heavy atom. The second-order valence-corrected chi connectivity index (χ2v) is 8.65. The van der Waals surface area contributed by atoms with Crippen LogP contribution in [0.25, 0.3) is 0 Å². The number of ether oxygens (including phenoxy) is 1. The molecule has 2 heterocycles. The normalized spacial score (nSPS) is 21.4. The van der Waals surface area contributed by atoms with Gasteiger partial charge in [0, 0.05) is 45.9 Å². The Morgan fingerprint density at radius 2 is 1.89 bits per heavy atom. The maximum atomic E-state index is 12.3. The van der Waals surface area contributed by atoms with Crippen molar-refractivity contribution in [3.63, 3.8) is 0 Å². The maximum absolute atomic E-state index is 12.3. The molecule has 2 fully saturated rings. The summed E-state index contributed by atoms with van der Waals surface area (Å²) in [5.41, 5.74) is 0.948. The van der Waals surface area contributed by atoms with Gasteiger partial charge in [-0.15, -0.1) is 0 Å². The van der Waals surface area contributed by atoms with E-state index in [1.165, 1.54) is 12.1 Å². The van der Waals surface area contributed by atoms with Crippen LogP contribution in [0.5, 0.6) is 0 Å². The van der Waals surface area contributed by atoms with Gasteiger partial charge in [-0.05, 0) is 37.0 Å². The molecule has 2 aliphatic heterocycles. The van der Waals surface area contributed by atoms with E-state index in [-0.39, 0.29) is 10.9 Å². The van der Waals surface area contributed by atoms with Gasteiger partial charge in [-0.25, -0.2) is 18.4 Å². The van der Waals surface area contributed by atoms with Gasteiger partial charge in [-0.1, -0.05) is 12.1 Å². The number of carbonyl (C=O) groups is 1. The molecule has 0 aromatic heterocycles. The van der Waals surface area contributed by atoms with Crippen molar-refractivity contribution in [2.45, 2.75) is 30.3 Å². The van der Waals surface area contributed by atoms with Crippen molar-refractivity contribution in [1.29, 1.82) is 0 Å². The lowest BCUT2D eigenvalue weighted by Gasteiger charge is -2.35. The number of sulfonamides is 1. The lowest BCUT2D eigenvalue weighted by molar-refractivity contribution is 0.0561. The molecule has 2 amide bonds. The Morgan fingerprint density at radius 3 is 2.48 bits per heavy atom. The molecule has 1 aromatic carbocycles. The topological polar surface area (TPSA) is 105 Å². The summed E-state index contributed by atoms with van der Waals surface area (Å²) in [7, 11) is -3.67. The van der Waals surface area contributed by atoms with E-state index in [0.717, 1.165) is 57.7 Å². The van der Waals surface area contributed by atoms with E-state index in [1.807, 2.05) is 4.90 Å². The van der Waals surface area contributed by atoms with Crippen molar-refractivity contribution in [3.05, 3.63) is 29.8 Å². The Kier molecular flexibility index (Phi) is 6.69. The summed E-state index contributed by atoms with van der Waals surface area (Å²) in [6.07, 6.45) is 3.28.